The fraction of sp³-hybridized carbons (Fsp3) is 0.889. The van der Waals surface area contributed by atoms with Crippen LogP contribution in [0.2, 0.25) is 0 Å². The molecule has 2 heterocycles. The number of halogens is 1. The van der Waals surface area contributed by atoms with Crippen molar-refractivity contribution in [2.24, 2.45) is 5.73 Å². The van der Waals surface area contributed by atoms with Gasteiger partial charge in [0.1, 0.15) is 0 Å². The van der Waals surface area contributed by atoms with Gasteiger partial charge in [-0.1, -0.05) is 0 Å². The summed E-state index contributed by atoms with van der Waals surface area (Å²) in [6.07, 6.45) is 0.755. The Bertz CT molecular complexity index is 242. The molecule has 0 aromatic carbocycles. The summed E-state index contributed by atoms with van der Waals surface area (Å²) in [5.41, 5.74) is 5.53. The van der Waals surface area contributed by atoms with E-state index in [1.807, 2.05) is 0 Å². The summed E-state index contributed by atoms with van der Waals surface area (Å²) in [7, 11) is 0. The van der Waals surface area contributed by atoms with Crippen LogP contribution in [0.15, 0.2) is 0 Å². The Labute approximate surface area is 95.3 Å². The first kappa shape index (κ1) is 12.7. The number of hydrogen-bond acceptors (Lipinski definition) is 4. The zero-order chi connectivity index (χ0) is 10.2. The predicted octanol–water partition coefficient (Wildman–Crippen LogP) is -0.269. The molecule has 1 atom stereocenters. The van der Waals surface area contributed by atoms with Crippen LogP contribution in [0, 0.1) is 0 Å². The summed E-state index contributed by atoms with van der Waals surface area (Å²) < 4.78 is 11.0. The van der Waals surface area contributed by atoms with E-state index in [2.05, 4.69) is 0 Å². The van der Waals surface area contributed by atoms with Gasteiger partial charge in [0.2, 0.25) is 5.91 Å². The summed E-state index contributed by atoms with van der Waals surface area (Å²) in [5, 5.41) is 0. The third-order valence-corrected chi connectivity index (χ3v) is 2.71. The van der Waals surface area contributed by atoms with E-state index in [0.717, 1.165) is 6.42 Å². The van der Waals surface area contributed by atoms with Crippen LogP contribution in [0.1, 0.15) is 13.3 Å². The lowest BCUT2D eigenvalue weighted by Crippen LogP contribution is -2.43. The van der Waals surface area contributed by atoms with Crippen molar-refractivity contribution < 1.29 is 14.3 Å². The molecule has 0 bridgehead atoms. The van der Waals surface area contributed by atoms with Gasteiger partial charge in [0, 0.05) is 13.0 Å². The summed E-state index contributed by atoms with van der Waals surface area (Å²) in [6, 6.07) is -0.438. The van der Waals surface area contributed by atoms with Crippen molar-refractivity contribution >= 4 is 18.3 Å². The highest BCUT2D eigenvalue weighted by Gasteiger charge is 2.44. The minimum Gasteiger partial charge on any atom is -0.346 e. The molecular weight excluding hydrogens is 220 g/mol. The Balaban J connectivity index is 0.00000112. The molecule has 0 aliphatic carbocycles. The molecule has 1 spiro atoms. The zero-order valence-corrected chi connectivity index (χ0v) is 9.59. The normalized spacial score (nSPS) is 25.3. The first-order chi connectivity index (χ1) is 6.63. The fourth-order valence-electron chi connectivity index (χ4n) is 1.96. The van der Waals surface area contributed by atoms with E-state index >= 15 is 0 Å². The van der Waals surface area contributed by atoms with E-state index in [9.17, 15) is 4.79 Å². The molecule has 0 unspecified atom stereocenters. The van der Waals surface area contributed by atoms with Gasteiger partial charge in [0.25, 0.3) is 0 Å². The highest BCUT2D eigenvalue weighted by molar-refractivity contribution is 5.85. The second-order valence-electron chi connectivity index (χ2n) is 3.91. The average Bonchev–Trinajstić information content (AvgIpc) is 2.76. The molecule has 5 nitrogen and oxygen atoms in total. The van der Waals surface area contributed by atoms with Crippen LogP contribution in [0.4, 0.5) is 0 Å². The second-order valence-corrected chi connectivity index (χ2v) is 3.91. The van der Waals surface area contributed by atoms with Gasteiger partial charge in [-0.2, -0.15) is 0 Å². The molecule has 0 aromatic rings. The molecule has 88 valence electrons. The maximum atomic E-state index is 11.6. The van der Waals surface area contributed by atoms with Crippen LogP contribution < -0.4 is 5.73 Å². The van der Waals surface area contributed by atoms with Crippen molar-refractivity contribution in [2.45, 2.75) is 25.2 Å². The standard InChI is InChI=1S/C9H16N2O3.ClH/c1-7(10)8(12)11-3-2-9(6-11)13-4-5-14-9;/h7H,2-6,10H2,1H3;1H/t7-;/m1./s1. The fourth-order valence-corrected chi connectivity index (χ4v) is 1.96. The van der Waals surface area contributed by atoms with Gasteiger partial charge in [0.05, 0.1) is 25.8 Å². The Morgan fingerprint density at radius 3 is 2.60 bits per heavy atom. The third kappa shape index (κ3) is 2.42. The van der Waals surface area contributed by atoms with E-state index in [0.29, 0.717) is 26.3 Å². The van der Waals surface area contributed by atoms with E-state index in [1.165, 1.54) is 0 Å². The van der Waals surface area contributed by atoms with Gasteiger partial charge in [0.15, 0.2) is 5.79 Å². The van der Waals surface area contributed by atoms with Gasteiger partial charge in [-0.05, 0) is 6.92 Å². The monoisotopic (exact) mass is 236 g/mol. The van der Waals surface area contributed by atoms with Crippen molar-refractivity contribution in [3.63, 3.8) is 0 Å². The number of carbonyl (C=O) groups is 1. The first-order valence-corrected chi connectivity index (χ1v) is 4.95. The molecule has 2 aliphatic heterocycles. The van der Waals surface area contributed by atoms with Gasteiger partial charge in [-0.25, -0.2) is 0 Å². The molecule has 6 heteroatoms. The number of hydrogen-bond donors (Lipinski definition) is 1. The van der Waals surface area contributed by atoms with Crippen molar-refractivity contribution in [1.29, 1.82) is 0 Å². The van der Waals surface area contributed by atoms with Crippen molar-refractivity contribution in [3.8, 4) is 0 Å². The molecule has 0 radical (unpaired) electrons. The summed E-state index contributed by atoms with van der Waals surface area (Å²) in [4.78, 5) is 13.3. The average molecular weight is 237 g/mol. The Kier molecular flexibility index (Phi) is 3.94. The van der Waals surface area contributed by atoms with Crippen LogP contribution in [-0.2, 0) is 14.3 Å². The smallest absolute Gasteiger partial charge is 0.239 e. The zero-order valence-electron chi connectivity index (χ0n) is 8.77. The van der Waals surface area contributed by atoms with Gasteiger partial charge in [-0.3, -0.25) is 4.79 Å². The molecule has 1 amide bonds. The van der Waals surface area contributed by atoms with E-state index in [1.54, 1.807) is 11.8 Å². The minimum absolute atomic E-state index is 0. The van der Waals surface area contributed by atoms with Gasteiger partial charge in [-0.15, -0.1) is 12.4 Å². The van der Waals surface area contributed by atoms with Crippen LogP contribution >= 0.6 is 12.4 Å². The quantitative estimate of drug-likeness (QED) is 0.681. The number of ether oxygens (including phenoxy) is 2. The van der Waals surface area contributed by atoms with Crippen LogP contribution in [0.5, 0.6) is 0 Å². The van der Waals surface area contributed by atoms with Crippen LogP contribution in [0.3, 0.4) is 0 Å². The van der Waals surface area contributed by atoms with Gasteiger partial charge < -0.3 is 20.1 Å². The molecule has 2 rings (SSSR count). The molecule has 15 heavy (non-hydrogen) atoms. The molecule has 2 aliphatic rings. The number of rotatable bonds is 1. The molecule has 0 aromatic heterocycles. The predicted molar refractivity (Wildman–Crippen MR) is 56.7 cm³/mol. The molecular formula is C9H17ClN2O3. The lowest BCUT2D eigenvalue weighted by molar-refractivity contribution is -0.152. The largest absolute Gasteiger partial charge is 0.346 e. The summed E-state index contributed by atoms with van der Waals surface area (Å²) >= 11 is 0. The van der Waals surface area contributed by atoms with Crippen molar-refractivity contribution in [2.75, 3.05) is 26.3 Å². The number of nitrogens with two attached hydrogens (primary N) is 1. The SMILES string of the molecule is C[C@@H](N)C(=O)N1CCC2(C1)OCCO2.Cl. The van der Waals surface area contributed by atoms with Gasteiger partial charge >= 0.3 is 0 Å². The lowest BCUT2D eigenvalue weighted by atomic mass is 10.2. The van der Waals surface area contributed by atoms with E-state index < -0.39 is 11.8 Å². The Morgan fingerprint density at radius 1 is 1.47 bits per heavy atom. The van der Waals surface area contributed by atoms with Crippen molar-refractivity contribution in [1.82, 2.24) is 4.90 Å². The van der Waals surface area contributed by atoms with Crippen LogP contribution in [0.25, 0.3) is 0 Å². The summed E-state index contributed by atoms with van der Waals surface area (Å²) in [5.74, 6) is -0.550. The number of likely N-dealkylation sites (tertiary alicyclic amines) is 1. The molecule has 0 saturated carbocycles. The minimum atomic E-state index is -0.523. The number of amides is 1. The van der Waals surface area contributed by atoms with Crippen LogP contribution in [-0.4, -0.2) is 48.9 Å². The Morgan fingerprint density at radius 2 is 2.07 bits per heavy atom. The second kappa shape index (κ2) is 4.65. The molecule has 2 fully saturated rings. The first-order valence-electron chi connectivity index (χ1n) is 4.95. The maximum absolute atomic E-state index is 11.6. The summed E-state index contributed by atoms with van der Waals surface area (Å²) in [6.45, 7) is 4.15. The number of carbonyl (C=O) groups excluding carboxylic acids is 1. The molecule has 2 N–H and O–H groups in total. The number of nitrogens with zero attached hydrogens (tertiary/aromatic N) is 1. The van der Waals surface area contributed by atoms with E-state index in [-0.39, 0.29) is 18.3 Å². The van der Waals surface area contributed by atoms with E-state index in [4.69, 9.17) is 15.2 Å². The van der Waals surface area contributed by atoms with Crippen molar-refractivity contribution in [3.05, 3.63) is 0 Å². The highest BCUT2D eigenvalue weighted by atomic mass is 35.5. The molecule has 2 saturated heterocycles. The highest BCUT2D eigenvalue weighted by Crippen LogP contribution is 2.30. The maximum Gasteiger partial charge on any atom is 0.239 e. The Hall–Kier alpha value is -0.360. The third-order valence-electron chi connectivity index (χ3n) is 2.71. The topological polar surface area (TPSA) is 64.8 Å². The lowest BCUT2D eigenvalue weighted by Gasteiger charge is -2.23.